The predicted octanol–water partition coefficient (Wildman–Crippen LogP) is 6.13. The second-order valence-electron chi connectivity index (χ2n) is 8.77. The zero-order valence-electron chi connectivity index (χ0n) is 20.6. The SMILES string of the molecule is N#Cc1ccc(COc2ccc3c(c2)c(CCN)c(OC(=O)C(F)(F)F)n3Cc2cccc(C(F)(F)F)c2)cc1. The van der Waals surface area contributed by atoms with E-state index in [1.54, 1.807) is 24.3 Å². The van der Waals surface area contributed by atoms with Crippen molar-refractivity contribution >= 4 is 16.9 Å². The minimum Gasteiger partial charge on any atom is -0.489 e. The topological polar surface area (TPSA) is 90.3 Å². The molecule has 2 N–H and O–H groups in total. The van der Waals surface area contributed by atoms with E-state index in [4.69, 9.17) is 20.5 Å². The number of esters is 1. The molecule has 0 spiro atoms. The van der Waals surface area contributed by atoms with Gasteiger partial charge in [0.05, 0.1) is 29.3 Å². The summed E-state index contributed by atoms with van der Waals surface area (Å²) in [4.78, 5) is 11.8. The summed E-state index contributed by atoms with van der Waals surface area (Å²) in [6, 6.07) is 17.6. The van der Waals surface area contributed by atoms with Gasteiger partial charge in [-0.3, -0.25) is 0 Å². The van der Waals surface area contributed by atoms with Crippen molar-refractivity contribution in [3.05, 3.63) is 94.5 Å². The Labute approximate surface area is 224 Å². The average Bonchev–Trinajstić information content (AvgIpc) is 3.18. The fourth-order valence-corrected chi connectivity index (χ4v) is 4.15. The Morgan fingerprint density at radius 3 is 2.30 bits per heavy atom. The van der Waals surface area contributed by atoms with Crippen LogP contribution in [-0.2, 0) is 30.5 Å². The molecule has 0 atom stereocenters. The first-order chi connectivity index (χ1) is 18.9. The zero-order valence-corrected chi connectivity index (χ0v) is 20.6. The molecule has 4 rings (SSSR count). The first-order valence-corrected chi connectivity index (χ1v) is 11.8. The van der Waals surface area contributed by atoms with Gasteiger partial charge < -0.3 is 19.8 Å². The van der Waals surface area contributed by atoms with Crippen LogP contribution < -0.4 is 15.2 Å². The van der Waals surface area contributed by atoms with E-state index in [1.807, 2.05) is 6.07 Å². The van der Waals surface area contributed by atoms with Crippen molar-refractivity contribution in [2.75, 3.05) is 6.54 Å². The smallest absolute Gasteiger partial charge is 0.489 e. The number of nitrogens with two attached hydrogens (primary N) is 1. The van der Waals surface area contributed by atoms with Gasteiger partial charge in [0.2, 0.25) is 5.88 Å². The monoisotopic (exact) mass is 561 g/mol. The average molecular weight is 561 g/mol. The quantitative estimate of drug-likeness (QED) is 0.207. The molecule has 40 heavy (non-hydrogen) atoms. The summed E-state index contributed by atoms with van der Waals surface area (Å²) in [5.74, 6) is -2.61. The van der Waals surface area contributed by atoms with Crippen molar-refractivity contribution in [1.82, 2.24) is 4.57 Å². The van der Waals surface area contributed by atoms with E-state index in [1.165, 1.54) is 34.9 Å². The minimum absolute atomic E-state index is 0.00559. The van der Waals surface area contributed by atoms with Gasteiger partial charge in [-0.15, -0.1) is 0 Å². The number of nitriles is 1. The maximum Gasteiger partial charge on any atom is 0.491 e. The van der Waals surface area contributed by atoms with Crippen LogP contribution in [0.3, 0.4) is 0 Å². The van der Waals surface area contributed by atoms with E-state index < -0.39 is 29.8 Å². The number of alkyl halides is 6. The lowest BCUT2D eigenvalue weighted by molar-refractivity contribution is -0.190. The Bertz CT molecular complexity index is 1570. The summed E-state index contributed by atoms with van der Waals surface area (Å²) >= 11 is 0. The molecule has 0 fully saturated rings. The minimum atomic E-state index is -5.31. The Hall–Kier alpha value is -4.50. The van der Waals surface area contributed by atoms with E-state index in [-0.39, 0.29) is 37.2 Å². The van der Waals surface area contributed by atoms with Gasteiger partial charge in [-0.25, -0.2) is 4.79 Å². The second kappa shape index (κ2) is 11.3. The summed E-state index contributed by atoms with van der Waals surface area (Å²) in [5, 5.41) is 9.30. The first-order valence-electron chi connectivity index (χ1n) is 11.8. The predicted molar refractivity (Wildman–Crippen MR) is 132 cm³/mol. The molecule has 6 nitrogen and oxygen atoms in total. The number of hydrogen-bond donors (Lipinski definition) is 1. The van der Waals surface area contributed by atoms with E-state index in [9.17, 15) is 31.1 Å². The summed E-state index contributed by atoms with van der Waals surface area (Å²) in [6.45, 7) is -0.225. The normalized spacial score (nSPS) is 11.8. The molecule has 208 valence electrons. The number of nitrogens with zero attached hydrogens (tertiary/aromatic N) is 2. The summed E-state index contributed by atoms with van der Waals surface area (Å²) in [7, 11) is 0. The number of halogens is 6. The first kappa shape index (κ1) is 28.5. The molecule has 0 aliphatic rings. The van der Waals surface area contributed by atoms with E-state index in [0.29, 0.717) is 22.2 Å². The molecule has 0 saturated heterocycles. The number of carbonyl (C=O) groups is 1. The molecule has 1 aromatic heterocycles. The summed E-state index contributed by atoms with van der Waals surface area (Å²) < 4.78 is 91.1. The molecule has 1 heterocycles. The van der Waals surface area contributed by atoms with Crippen molar-refractivity contribution < 1.29 is 40.6 Å². The van der Waals surface area contributed by atoms with Crippen molar-refractivity contribution in [2.24, 2.45) is 5.73 Å². The highest BCUT2D eigenvalue weighted by atomic mass is 19.4. The van der Waals surface area contributed by atoms with Gasteiger partial charge in [-0.1, -0.05) is 24.3 Å². The van der Waals surface area contributed by atoms with Crippen LogP contribution in [0.2, 0.25) is 0 Å². The maximum absolute atomic E-state index is 13.3. The number of carbonyl (C=O) groups excluding carboxylic acids is 1. The number of rotatable bonds is 8. The molecule has 0 bridgehead atoms. The van der Waals surface area contributed by atoms with Crippen LogP contribution in [-0.4, -0.2) is 23.3 Å². The molecule has 0 amide bonds. The van der Waals surface area contributed by atoms with Gasteiger partial charge in [-0.05, 0) is 66.6 Å². The van der Waals surface area contributed by atoms with Crippen LogP contribution in [0, 0.1) is 11.3 Å². The van der Waals surface area contributed by atoms with Crippen LogP contribution in [0.5, 0.6) is 11.6 Å². The molecule has 12 heteroatoms. The van der Waals surface area contributed by atoms with E-state index in [2.05, 4.69) is 0 Å². The third kappa shape index (κ3) is 6.38. The van der Waals surface area contributed by atoms with Gasteiger partial charge in [0.1, 0.15) is 12.4 Å². The number of aromatic nitrogens is 1. The zero-order chi connectivity index (χ0) is 29.1. The molecule has 0 unspecified atom stereocenters. The lowest BCUT2D eigenvalue weighted by Gasteiger charge is -2.14. The fourth-order valence-electron chi connectivity index (χ4n) is 4.15. The standard InChI is InChI=1S/C28H21F6N3O3/c29-27(30,31)20-3-1-2-19(12-20)15-37-24-9-8-21(39-16-18-6-4-17(14-36)5-7-18)13-23(24)22(10-11-35)25(37)40-26(38)28(32,33)34/h1-9,12-13H,10-11,15-16,35H2. The lowest BCUT2D eigenvalue weighted by atomic mass is 10.1. The Morgan fingerprint density at radius 2 is 1.68 bits per heavy atom. The van der Waals surface area contributed by atoms with E-state index >= 15 is 0 Å². The second-order valence-corrected chi connectivity index (χ2v) is 8.77. The Kier molecular flexibility index (Phi) is 8.06. The van der Waals surface area contributed by atoms with Crippen LogP contribution in [0.15, 0.2) is 66.7 Å². The number of ether oxygens (including phenoxy) is 2. The molecule has 3 aromatic carbocycles. The van der Waals surface area contributed by atoms with Gasteiger partial charge in [-0.2, -0.15) is 31.6 Å². The molecule has 0 saturated carbocycles. The molecular weight excluding hydrogens is 540 g/mol. The largest absolute Gasteiger partial charge is 0.491 e. The Balaban J connectivity index is 1.78. The Morgan fingerprint density at radius 1 is 0.950 bits per heavy atom. The summed E-state index contributed by atoms with van der Waals surface area (Å²) in [5.41, 5.74) is 6.60. The van der Waals surface area contributed by atoms with Crippen molar-refractivity contribution in [1.29, 1.82) is 5.26 Å². The molecular formula is C28H21F6N3O3. The number of fused-ring (bicyclic) bond motifs is 1. The highest BCUT2D eigenvalue weighted by Gasteiger charge is 2.42. The molecule has 0 aliphatic carbocycles. The number of benzene rings is 3. The van der Waals surface area contributed by atoms with Crippen molar-refractivity contribution in [2.45, 2.75) is 31.9 Å². The van der Waals surface area contributed by atoms with Gasteiger partial charge in [0.25, 0.3) is 0 Å². The van der Waals surface area contributed by atoms with Crippen LogP contribution in [0.4, 0.5) is 26.3 Å². The van der Waals surface area contributed by atoms with Crippen molar-refractivity contribution in [3.63, 3.8) is 0 Å². The van der Waals surface area contributed by atoms with Gasteiger partial charge in [0, 0.05) is 10.9 Å². The van der Waals surface area contributed by atoms with Gasteiger partial charge in [0.15, 0.2) is 0 Å². The van der Waals surface area contributed by atoms with Crippen LogP contribution in [0.25, 0.3) is 10.9 Å². The third-order valence-electron chi connectivity index (χ3n) is 5.99. The van der Waals surface area contributed by atoms with Crippen molar-refractivity contribution in [3.8, 4) is 17.7 Å². The highest BCUT2D eigenvalue weighted by molar-refractivity contribution is 5.90. The van der Waals surface area contributed by atoms with Crippen LogP contribution in [0.1, 0.15) is 27.8 Å². The molecule has 0 radical (unpaired) electrons. The molecule has 4 aromatic rings. The van der Waals surface area contributed by atoms with Gasteiger partial charge >= 0.3 is 18.3 Å². The molecule has 0 aliphatic heterocycles. The van der Waals surface area contributed by atoms with E-state index in [0.717, 1.165) is 17.7 Å². The maximum atomic E-state index is 13.3. The summed E-state index contributed by atoms with van der Waals surface area (Å²) in [6.07, 6.45) is -9.94. The number of hydrogen-bond acceptors (Lipinski definition) is 5. The highest BCUT2D eigenvalue weighted by Crippen LogP contribution is 2.37. The third-order valence-corrected chi connectivity index (χ3v) is 5.99. The lowest BCUT2D eigenvalue weighted by Crippen LogP contribution is -2.29. The fraction of sp³-hybridized carbons (Fsp3) is 0.214. The van der Waals surface area contributed by atoms with Crippen LogP contribution >= 0.6 is 0 Å².